The average molecular weight is 407 g/mol. The van der Waals surface area contributed by atoms with Crippen LogP contribution in [-0.2, 0) is 15.7 Å². The monoisotopic (exact) mass is 407 g/mol. The lowest BCUT2D eigenvalue weighted by Crippen LogP contribution is -2.30. The number of ether oxygens (including phenoxy) is 1. The van der Waals surface area contributed by atoms with E-state index in [9.17, 15) is 22.8 Å². The van der Waals surface area contributed by atoms with Crippen LogP contribution >= 0.6 is 0 Å². The highest BCUT2D eigenvalue weighted by Crippen LogP contribution is 2.29. The molecule has 29 heavy (non-hydrogen) atoms. The highest BCUT2D eigenvalue weighted by molar-refractivity contribution is 5.96. The highest BCUT2D eigenvalue weighted by Gasteiger charge is 2.30. The Bertz CT molecular complexity index is 1080. The van der Waals surface area contributed by atoms with Crippen LogP contribution in [0.3, 0.4) is 0 Å². The van der Waals surface area contributed by atoms with Crippen molar-refractivity contribution in [3.05, 3.63) is 53.1 Å². The van der Waals surface area contributed by atoms with E-state index in [0.717, 1.165) is 24.3 Å². The number of rotatable bonds is 4. The van der Waals surface area contributed by atoms with E-state index in [1.165, 1.54) is 11.4 Å². The van der Waals surface area contributed by atoms with E-state index in [1.807, 2.05) is 0 Å². The number of esters is 1. The molecule has 2 heterocycles. The molecule has 0 bridgehead atoms. The standard InChI is InChI=1S/C18H16F3N5O3/c1-9-8-10(2)26-17(22-9)24-14(25-26)16(28)29-11(3)15(27)23-13-6-4-12(5-7-13)18(19,20)21/h4-8,11H,1-3H3,(H,23,27)/t11-/m1/s1. The van der Waals surface area contributed by atoms with Crippen molar-refractivity contribution in [1.82, 2.24) is 19.6 Å². The second kappa shape index (κ2) is 7.49. The lowest BCUT2D eigenvalue weighted by molar-refractivity contribution is -0.137. The number of carbonyl (C=O) groups excluding carboxylic acids is 2. The minimum absolute atomic E-state index is 0.132. The van der Waals surface area contributed by atoms with Crippen molar-refractivity contribution >= 4 is 23.3 Å². The van der Waals surface area contributed by atoms with Crippen LogP contribution in [0.5, 0.6) is 0 Å². The zero-order valence-corrected chi connectivity index (χ0v) is 15.6. The number of hydrogen-bond donors (Lipinski definition) is 1. The van der Waals surface area contributed by atoms with Gasteiger partial charge in [-0.2, -0.15) is 18.2 Å². The van der Waals surface area contributed by atoms with Gasteiger partial charge in [0.15, 0.2) is 6.10 Å². The van der Waals surface area contributed by atoms with Crippen LogP contribution in [0.2, 0.25) is 0 Å². The maximum atomic E-state index is 12.6. The van der Waals surface area contributed by atoms with Gasteiger partial charge in [-0.25, -0.2) is 14.3 Å². The molecule has 2 aromatic heterocycles. The van der Waals surface area contributed by atoms with Crippen molar-refractivity contribution in [1.29, 1.82) is 0 Å². The van der Waals surface area contributed by atoms with Gasteiger partial charge >= 0.3 is 12.1 Å². The maximum Gasteiger partial charge on any atom is 0.416 e. The Balaban J connectivity index is 1.66. The second-order valence-electron chi connectivity index (χ2n) is 6.30. The smallest absolute Gasteiger partial charge is 0.416 e. The first kappa shape index (κ1) is 20.2. The molecule has 3 aromatic rings. The molecule has 0 aliphatic rings. The predicted molar refractivity (Wildman–Crippen MR) is 95.2 cm³/mol. The number of aryl methyl sites for hydroxylation is 2. The van der Waals surface area contributed by atoms with E-state index in [2.05, 4.69) is 20.4 Å². The number of hydrogen-bond acceptors (Lipinski definition) is 6. The molecule has 11 heteroatoms. The molecule has 8 nitrogen and oxygen atoms in total. The molecule has 0 saturated carbocycles. The van der Waals surface area contributed by atoms with Crippen molar-refractivity contribution < 1.29 is 27.5 Å². The van der Waals surface area contributed by atoms with E-state index in [-0.39, 0.29) is 17.3 Å². The molecule has 0 spiro atoms. The van der Waals surface area contributed by atoms with Gasteiger partial charge in [-0.15, -0.1) is 5.10 Å². The molecular weight excluding hydrogens is 391 g/mol. The van der Waals surface area contributed by atoms with E-state index in [1.54, 1.807) is 19.9 Å². The Labute approximate surface area is 162 Å². The first-order chi connectivity index (χ1) is 13.5. The van der Waals surface area contributed by atoms with Crippen molar-refractivity contribution in [3.63, 3.8) is 0 Å². The number of halogens is 3. The third kappa shape index (κ3) is 4.50. The summed E-state index contributed by atoms with van der Waals surface area (Å²) in [6.07, 6.45) is -5.70. The quantitative estimate of drug-likeness (QED) is 0.668. The minimum Gasteiger partial charge on any atom is -0.447 e. The largest absolute Gasteiger partial charge is 0.447 e. The molecule has 0 unspecified atom stereocenters. The van der Waals surface area contributed by atoms with Crippen LogP contribution < -0.4 is 5.32 Å². The molecule has 0 saturated heterocycles. The van der Waals surface area contributed by atoms with Crippen LogP contribution in [0.15, 0.2) is 30.3 Å². The number of alkyl halides is 3. The average Bonchev–Trinajstić information content (AvgIpc) is 3.05. The van der Waals surface area contributed by atoms with Crippen LogP contribution in [0.1, 0.15) is 34.5 Å². The molecule has 1 aromatic carbocycles. The Morgan fingerprint density at radius 3 is 2.41 bits per heavy atom. The second-order valence-corrected chi connectivity index (χ2v) is 6.30. The Morgan fingerprint density at radius 1 is 1.14 bits per heavy atom. The van der Waals surface area contributed by atoms with Gasteiger partial charge in [-0.05, 0) is 51.1 Å². The van der Waals surface area contributed by atoms with Crippen LogP contribution in [0, 0.1) is 13.8 Å². The summed E-state index contributed by atoms with van der Waals surface area (Å²) in [6.45, 7) is 4.86. The lowest BCUT2D eigenvalue weighted by atomic mass is 10.2. The van der Waals surface area contributed by atoms with Gasteiger partial charge in [0.25, 0.3) is 17.5 Å². The summed E-state index contributed by atoms with van der Waals surface area (Å²) in [7, 11) is 0. The zero-order chi connectivity index (χ0) is 21.3. The summed E-state index contributed by atoms with van der Waals surface area (Å²) in [5.74, 6) is -1.69. The molecule has 3 rings (SSSR count). The zero-order valence-electron chi connectivity index (χ0n) is 15.6. The SMILES string of the molecule is Cc1cc(C)n2nc(C(=O)O[C@H](C)C(=O)Nc3ccc(C(F)(F)F)cc3)nc2n1. The normalized spacial score (nSPS) is 12.6. The van der Waals surface area contributed by atoms with Gasteiger partial charge in [-0.1, -0.05) is 0 Å². The lowest BCUT2D eigenvalue weighted by Gasteiger charge is -2.13. The molecule has 0 radical (unpaired) electrons. The van der Waals surface area contributed by atoms with Crippen molar-refractivity contribution in [2.24, 2.45) is 0 Å². The Morgan fingerprint density at radius 2 is 1.79 bits per heavy atom. The van der Waals surface area contributed by atoms with Gasteiger partial charge in [-0.3, -0.25) is 4.79 Å². The molecular formula is C18H16F3N5O3. The first-order valence-electron chi connectivity index (χ1n) is 8.45. The number of nitrogens with zero attached hydrogens (tertiary/aromatic N) is 4. The maximum absolute atomic E-state index is 12.6. The number of nitrogens with one attached hydrogen (secondary N) is 1. The fourth-order valence-electron chi connectivity index (χ4n) is 2.51. The highest BCUT2D eigenvalue weighted by atomic mass is 19.4. The topological polar surface area (TPSA) is 98.5 Å². The predicted octanol–water partition coefficient (Wildman–Crippen LogP) is 2.94. The van der Waals surface area contributed by atoms with E-state index >= 15 is 0 Å². The summed E-state index contributed by atoms with van der Waals surface area (Å²) >= 11 is 0. The van der Waals surface area contributed by atoms with Gasteiger partial charge in [0.2, 0.25) is 0 Å². The van der Waals surface area contributed by atoms with E-state index in [4.69, 9.17) is 4.74 Å². The van der Waals surface area contributed by atoms with Crippen LogP contribution in [0.4, 0.5) is 18.9 Å². The summed E-state index contributed by atoms with van der Waals surface area (Å²) in [4.78, 5) is 32.6. The first-order valence-corrected chi connectivity index (χ1v) is 8.45. The molecule has 1 N–H and O–H groups in total. The van der Waals surface area contributed by atoms with Crippen LogP contribution in [-0.4, -0.2) is 37.6 Å². The van der Waals surface area contributed by atoms with Crippen molar-refractivity contribution in [2.75, 3.05) is 5.32 Å². The fourth-order valence-corrected chi connectivity index (χ4v) is 2.51. The molecule has 152 valence electrons. The third-order valence-corrected chi connectivity index (χ3v) is 3.93. The molecule has 0 fully saturated rings. The minimum atomic E-state index is -4.47. The van der Waals surface area contributed by atoms with E-state index in [0.29, 0.717) is 11.4 Å². The number of benzene rings is 1. The molecule has 1 atom stereocenters. The number of anilines is 1. The molecule has 1 amide bonds. The number of carbonyl (C=O) groups is 2. The third-order valence-electron chi connectivity index (χ3n) is 3.93. The number of aromatic nitrogens is 4. The van der Waals surface area contributed by atoms with Gasteiger partial charge in [0.05, 0.1) is 5.56 Å². The van der Waals surface area contributed by atoms with E-state index < -0.39 is 29.7 Å². The summed E-state index contributed by atoms with van der Waals surface area (Å²) in [5.41, 5.74) is 0.706. The molecule has 0 aliphatic carbocycles. The van der Waals surface area contributed by atoms with Gasteiger partial charge < -0.3 is 10.1 Å². The number of fused-ring (bicyclic) bond motifs is 1. The van der Waals surface area contributed by atoms with Crippen molar-refractivity contribution in [2.45, 2.75) is 33.1 Å². The van der Waals surface area contributed by atoms with Gasteiger partial charge in [0.1, 0.15) is 0 Å². The van der Waals surface area contributed by atoms with Gasteiger partial charge in [0, 0.05) is 17.1 Å². The van der Waals surface area contributed by atoms with Crippen molar-refractivity contribution in [3.8, 4) is 0 Å². The van der Waals surface area contributed by atoms with Crippen LogP contribution in [0.25, 0.3) is 5.78 Å². The molecule has 0 aliphatic heterocycles. The summed E-state index contributed by atoms with van der Waals surface area (Å²) in [6, 6.07) is 5.65. The summed E-state index contributed by atoms with van der Waals surface area (Å²) < 4.78 is 44.2. The Hall–Kier alpha value is -3.50. The Kier molecular flexibility index (Phi) is 5.23. The fraction of sp³-hybridized carbons (Fsp3) is 0.278. The number of amides is 1. The summed E-state index contributed by atoms with van der Waals surface area (Å²) in [5, 5.41) is 6.39.